The first-order chi connectivity index (χ1) is 13.4. The average molecular weight is 392 g/mol. The highest BCUT2D eigenvalue weighted by Crippen LogP contribution is 2.13. The molecule has 156 valence electrons. The van der Waals surface area contributed by atoms with E-state index in [1.54, 1.807) is 31.2 Å². The maximum Gasteiger partial charge on any atom is 0.305 e. The molecule has 0 aliphatic carbocycles. The molecule has 0 saturated heterocycles. The molecule has 0 aliphatic heterocycles. The van der Waals surface area contributed by atoms with Crippen molar-refractivity contribution in [2.75, 3.05) is 26.3 Å². The number of amides is 2. The fraction of sp³-hybridized carbons (Fsp3) is 0.571. The first-order valence-electron chi connectivity index (χ1n) is 9.85. The van der Waals surface area contributed by atoms with Crippen molar-refractivity contribution >= 4 is 17.8 Å². The zero-order chi connectivity index (χ0) is 20.8. The summed E-state index contributed by atoms with van der Waals surface area (Å²) in [5.41, 5.74) is 0.519. The van der Waals surface area contributed by atoms with Crippen LogP contribution in [0.15, 0.2) is 24.3 Å². The number of rotatable bonds is 13. The molecule has 28 heavy (non-hydrogen) atoms. The van der Waals surface area contributed by atoms with E-state index in [4.69, 9.17) is 9.47 Å². The summed E-state index contributed by atoms with van der Waals surface area (Å²) in [4.78, 5) is 35.0. The molecule has 7 nitrogen and oxygen atoms in total. The molecule has 2 N–H and O–H groups in total. The van der Waals surface area contributed by atoms with Crippen LogP contribution in [0.1, 0.15) is 56.8 Å². The molecular formula is C21H32N2O5. The molecule has 0 spiro atoms. The number of ether oxygens (including phenoxy) is 2. The van der Waals surface area contributed by atoms with E-state index in [-0.39, 0.29) is 37.2 Å². The number of esters is 1. The minimum Gasteiger partial charge on any atom is -0.494 e. The van der Waals surface area contributed by atoms with E-state index in [1.165, 1.54) is 0 Å². The van der Waals surface area contributed by atoms with Crippen molar-refractivity contribution < 1.29 is 23.9 Å². The molecule has 0 saturated carbocycles. The quantitative estimate of drug-likeness (QED) is 0.398. The van der Waals surface area contributed by atoms with Crippen molar-refractivity contribution in [3.05, 3.63) is 29.8 Å². The van der Waals surface area contributed by atoms with Crippen molar-refractivity contribution in [2.45, 2.75) is 46.5 Å². The van der Waals surface area contributed by atoms with Gasteiger partial charge in [0.15, 0.2) is 0 Å². The Kier molecular flexibility index (Phi) is 11.4. The molecule has 1 aromatic rings. The summed E-state index contributed by atoms with van der Waals surface area (Å²) in [5, 5.41) is 5.43. The van der Waals surface area contributed by atoms with Gasteiger partial charge in [0.1, 0.15) is 5.75 Å². The van der Waals surface area contributed by atoms with Crippen LogP contribution >= 0.6 is 0 Å². The summed E-state index contributed by atoms with van der Waals surface area (Å²) in [5.74, 6) is 0.654. The SMILES string of the molecule is CCOC(=O)CCCNC(=O)CCNC(=O)c1ccc(OCCC(C)C)cc1. The van der Waals surface area contributed by atoms with Crippen molar-refractivity contribution in [3.63, 3.8) is 0 Å². The third kappa shape index (κ3) is 10.5. The van der Waals surface area contributed by atoms with E-state index in [2.05, 4.69) is 24.5 Å². The second-order valence-electron chi connectivity index (χ2n) is 6.82. The zero-order valence-electron chi connectivity index (χ0n) is 17.1. The Morgan fingerprint density at radius 1 is 1.00 bits per heavy atom. The summed E-state index contributed by atoms with van der Waals surface area (Å²) in [7, 11) is 0. The van der Waals surface area contributed by atoms with Gasteiger partial charge in [-0.3, -0.25) is 14.4 Å². The van der Waals surface area contributed by atoms with Crippen molar-refractivity contribution in [3.8, 4) is 5.75 Å². The van der Waals surface area contributed by atoms with Crippen LogP contribution in [0.25, 0.3) is 0 Å². The maximum absolute atomic E-state index is 12.1. The van der Waals surface area contributed by atoms with E-state index in [0.29, 0.717) is 37.7 Å². The largest absolute Gasteiger partial charge is 0.494 e. The maximum atomic E-state index is 12.1. The standard InChI is InChI=1S/C21H32N2O5/c1-4-27-20(25)6-5-13-22-19(24)11-14-23-21(26)17-7-9-18(10-8-17)28-15-12-16(2)3/h7-10,16H,4-6,11-15H2,1-3H3,(H,22,24)(H,23,26). The molecule has 0 aliphatic rings. The van der Waals surface area contributed by atoms with Gasteiger partial charge < -0.3 is 20.1 Å². The Hall–Kier alpha value is -2.57. The van der Waals surface area contributed by atoms with Gasteiger partial charge in [-0.1, -0.05) is 13.8 Å². The summed E-state index contributed by atoms with van der Waals surface area (Å²) < 4.78 is 10.4. The normalized spacial score (nSPS) is 10.4. The second-order valence-corrected chi connectivity index (χ2v) is 6.82. The van der Waals surface area contributed by atoms with E-state index in [0.717, 1.165) is 12.2 Å². The van der Waals surface area contributed by atoms with Gasteiger partial charge in [-0.15, -0.1) is 0 Å². The third-order valence-corrected chi connectivity index (χ3v) is 3.90. The highest BCUT2D eigenvalue weighted by Gasteiger charge is 2.08. The van der Waals surface area contributed by atoms with Crippen molar-refractivity contribution in [2.24, 2.45) is 5.92 Å². The molecule has 0 atom stereocenters. The Morgan fingerprint density at radius 3 is 2.36 bits per heavy atom. The molecule has 0 fully saturated rings. The number of benzene rings is 1. The minimum absolute atomic E-state index is 0.168. The van der Waals surface area contributed by atoms with Gasteiger partial charge in [0.05, 0.1) is 13.2 Å². The van der Waals surface area contributed by atoms with Crippen molar-refractivity contribution in [1.29, 1.82) is 0 Å². The Morgan fingerprint density at radius 2 is 1.71 bits per heavy atom. The lowest BCUT2D eigenvalue weighted by Gasteiger charge is -2.09. The molecular weight excluding hydrogens is 360 g/mol. The van der Waals surface area contributed by atoms with Crippen LogP contribution in [0.5, 0.6) is 5.75 Å². The average Bonchev–Trinajstić information content (AvgIpc) is 2.65. The third-order valence-electron chi connectivity index (χ3n) is 3.90. The summed E-state index contributed by atoms with van der Waals surface area (Å²) in [6.45, 7) is 7.70. The molecule has 1 rings (SSSR count). The second kappa shape index (κ2) is 13.6. The summed E-state index contributed by atoms with van der Waals surface area (Å²) in [6.07, 6.45) is 1.97. The fourth-order valence-corrected chi connectivity index (χ4v) is 2.29. The van der Waals surface area contributed by atoms with Crippen LogP contribution in [0.2, 0.25) is 0 Å². The van der Waals surface area contributed by atoms with Crippen LogP contribution in [0.4, 0.5) is 0 Å². The zero-order valence-corrected chi connectivity index (χ0v) is 17.1. The van der Waals surface area contributed by atoms with E-state index >= 15 is 0 Å². The van der Waals surface area contributed by atoms with Crippen LogP contribution in [0.3, 0.4) is 0 Å². The Labute approximate surface area is 167 Å². The van der Waals surface area contributed by atoms with Gasteiger partial charge in [-0.2, -0.15) is 0 Å². The van der Waals surface area contributed by atoms with Gasteiger partial charge in [0.25, 0.3) is 5.91 Å². The van der Waals surface area contributed by atoms with Gasteiger partial charge in [0, 0.05) is 31.5 Å². The lowest BCUT2D eigenvalue weighted by molar-refractivity contribution is -0.143. The molecule has 0 radical (unpaired) electrons. The van der Waals surface area contributed by atoms with Crippen LogP contribution in [-0.2, 0) is 14.3 Å². The number of carbonyl (C=O) groups is 3. The highest BCUT2D eigenvalue weighted by molar-refractivity contribution is 5.94. The van der Waals surface area contributed by atoms with Gasteiger partial charge in [-0.05, 0) is 49.9 Å². The van der Waals surface area contributed by atoms with Crippen LogP contribution in [-0.4, -0.2) is 44.1 Å². The molecule has 7 heteroatoms. The molecule has 0 unspecified atom stereocenters. The topological polar surface area (TPSA) is 93.7 Å². The Balaban J connectivity index is 2.20. The predicted octanol–water partition coefficient (Wildman–Crippen LogP) is 2.69. The van der Waals surface area contributed by atoms with Crippen LogP contribution < -0.4 is 15.4 Å². The smallest absolute Gasteiger partial charge is 0.305 e. The molecule has 1 aromatic carbocycles. The lowest BCUT2D eigenvalue weighted by Crippen LogP contribution is -2.31. The van der Waals surface area contributed by atoms with Gasteiger partial charge >= 0.3 is 5.97 Å². The first-order valence-corrected chi connectivity index (χ1v) is 9.85. The predicted molar refractivity (Wildman–Crippen MR) is 107 cm³/mol. The molecule has 0 heterocycles. The highest BCUT2D eigenvalue weighted by atomic mass is 16.5. The van der Waals surface area contributed by atoms with Gasteiger partial charge in [-0.25, -0.2) is 0 Å². The Bertz CT molecular complexity index is 614. The van der Waals surface area contributed by atoms with Gasteiger partial charge in [0.2, 0.25) is 5.91 Å². The monoisotopic (exact) mass is 392 g/mol. The number of hydrogen-bond acceptors (Lipinski definition) is 5. The van der Waals surface area contributed by atoms with E-state index in [1.807, 2.05) is 0 Å². The lowest BCUT2D eigenvalue weighted by atomic mass is 10.1. The fourth-order valence-electron chi connectivity index (χ4n) is 2.29. The first kappa shape index (κ1) is 23.5. The summed E-state index contributed by atoms with van der Waals surface area (Å²) >= 11 is 0. The number of nitrogens with one attached hydrogen (secondary N) is 2. The molecule has 2 amide bonds. The minimum atomic E-state index is -0.264. The molecule has 0 bridgehead atoms. The van der Waals surface area contributed by atoms with Crippen LogP contribution in [0, 0.1) is 5.92 Å². The van der Waals surface area contributed by atoms with Crippen molar-refractivity contribution in [1.82, 2.24) is 10.6 Å². The molecule has 0 aromatic heterocycles. The number of hydrogen-bond donors (Lipinski definition) is 2. The van der Waals surface area contributed by atoms with E-state index in [9.17, 15) is 14.4 Å². The summed E-state index contributed by atoms with van der Waals surface area (Å²) in [6, 6.07) is 6.95. The number of carbonyl (C=O) groups excluding carboxylic acids is 3. The van der Waals surface area contributed by atoms with E-state index < -0.39 is 0 Å².